The number of carbonyl (C=O) groups is 3. The van der Waals surface area contributed by atoms with Gasteiger partial charge >= 0.3 is 12.1 Å². The van der Waals surface area contributed by atoms with Gasteiger partial charge < -0.3 is 29.6 Å². The fourth-order valence-electron chi connectivity index (χ4n) is 3.14. The summed E-state index contributed by atoms with van der Waals surface area (Å²) in [5.74, 6) is 0.686. The minimum Gasteiger partial charge on any atom is -0.493 e. The summed E-state index contributed by atoms with van der Waals surface area (Å²) in [6, 6.07) is 11.0. The maximum Gasteiger partial charge on any atom is 0.417 e. The number of methoxy groups -OCH3 is 3. The fourth-order valence-corrected chi connectivity index (χ4v) is 3.14. The minimum atomic E-state index is -0.738. The first-order valence-corrected chi connectivity index (χ1v) is 9.36. The Hall–Kier alpha value is -3.95. The summed E-state index contributed by atoms with van der Waals surface area (Å²) in [5, 5.41) is 5.49. The molecule has 3 rings (SSSR count). The van der Waals surface area contributed by atoms with E-state index < -0.39 is 24.1 Å². The Morgan fingerprint density at radius 1 is 1.06 bits per heavy atom. The molecule has 2 N–H and O–H groups in total. The van der Waals surface area contributed by atoms with Crippen LogP contribution in [0.25, 0.3) is 0 Å². The maximum absolute atomic E-state index is 12.7. The molecule has 31 heavy (non-hydrogen) atoms. The number of hydrogen-bond donors (Lipinski definition) is 2. The molecule has 2 aromatic carbocycles. The second-order valence-electron chi connectivity index (χ2n) is 6.53. The Morgan fingerprint density at radius 3 is 2.23 bits per heavy atom. The number of rotatable bonds is 8. The molecule has 1 saturated heterocycles. The highest BCUT2D eigenvalue weighted by atomic mass is 16.6. The van der Waals surface area contributed by atoms with Crippen LogP contribution in [-0.4, -0.2) is 57.4 Å². The van der Waals surface area contributed by atoms with E-state index in [2.05, 4.69) is 10.6 Å². The summed E-state index contributed by atoms with van der Waals surface area (Å²) >= 11 is 0. The van der Waals surface area contributed by atoms with Gasteiger partial charge in [-0.1, -0.05) is 30.3 Å². The third kappa shape index (κ3) is 4.97. The van der Waals surface area contributed by atoms with Gasteiger partial charge in [0, 0.05) is 12.1 Å². The lowest BCUT2D eigenvalue weighted by molar-refractivity contribution is -0.126. The van der Waals surface area contributed by atoms with E-state index in [-0.39, 0.29) is 13.2 Å². The highest BCUT2D eigenvalue weighted by Gasteiger charge is 2.33. The number of ether oxygens (including phenoxy) is 4. The molecule has 2 aromatic rings. The third-order valence-electron chi connectivity index (χ3n) is 4.64. The third-order valence-corrected chi connectivity index (χ3v) is 4.64. The molecule has 10 nitrogen and oxygen atoms in total. The first-order valence-electron chi connectivity index (χ1n) is 9.36. The first kappa shape index (κ1) is 21.8. The molecule has 0 aromatic heterocycles. The van der Waals surface area contributed by atoms with Crippen LogP contribution in [0.2, 0.25) is 0 Å². The van der Waals surface area contributed by atoms with Crippen molar-refractivity contribution in [3.63, 3.8) is 0 Å². The summed E-state index contributed by atoms with van der Waals surface area (Å²) in [7, 11) is 4.42. The van der Waals surface area contributed by atoms with Crippen molar-refractivity contribution in [3.05, 3.63) is 48.0 Å². The summed E-state index contributed by atoms with van der Waals surface area (Å²) in [5.41, 5.74) is 1.12. The topological polar surface area (TPSA) is 115 Å². The molecular formula is C21H23N3O7. The van der Waals surface area contributed by atoms with Crippen LogP contribution in [0.5, 0.6) is 17.2 Å². The number of amides is 4. The molecule has 0 aliphatic carbocycles. The van der Waals surface area contributed by atoms with Gasteiger partial charge in [-0.2, -0.15) is 0 Å². The van der Waals surface area contributed by atoms with Crippen molar-refractivity contribution in [2.24, 2.45) is 0 Å². The van der Waals surface area contributed by atoms with Crippen molar-refractivity contribution in [3.8, 4) is 17.2 Å². The molecule has 10 heteroatoms. The molecule has 1 aliphatic rings. The number of imide groups is 1. The number of urea groups is 1. The number of nitrogens with zero attached hydrogens (tertiary/aromatic N) is 1. The van der Waals surface area contributed by atoms with Crippen LogP contribution in [0, 0.1) is 0 Å². The normalized spacial score (nSPS) is 14.0. The lowest BCUT2D eigenvalue weighted by Gasteiger charge is -2.23. The molecule has 1 aliphatic heterocycles. The van der Waals surface area contributed by atoms with E-state index in [9.17, 15) is 14.4 Å². The molecular weight excluding hydrogens is 406 g/mol. The molecule has 1 fully saturated rings. The van der Waals surface area contributed by atoms with Crippen LogP contribution in [0.1, 0.15) is 11.6 Å². The van der Waals surface area contributed by atoms with E-state index in [1.54, 1.807) is 36.4 Å². The predicted octanol–water partition coefficient (Wildman–Crippen LogP) is 2.55. The Kier molecular flexibility index (Phi) is 6.81. The summed E-state index contributed by atoms with van der Waals surface area (Å²) < 4.78 is 20.6. The first-order chi connectivity index (χ1) is 15.0. The zero-order chi connectivity index (χ0) is 22.4. The summed E-state index contributed by atoms with van der Waals surface area (Å²) in [4.78, 5) is 37.5. The van der Waals surface area contributed by atoms with Crippen molar-refractivity contribution in [1.82, 2.24) is 10.2 Å². The Labute approximate surface area is 179 Å². The van der Waals surface area contributed by atoms with Gasteiger partial charge in [0.1, 0.15) is 0 Å². The van der Waals surface area contributed by atoms with E-state index in [0.717, 1.165) is 10.5 Å². The molecule has 0 spiro atoms. The van der Waals surface area contributed by atoms with Gasteiger partial charge in [-0.3, -0.25) is 4.79 Å². The average molecular weight is 429 g/mol. The zero-order valence-corrected chi connectivity index (χ0v) is 17.3. The largest absolute Gasteiger partial charge is 0.493 e. The van der Waals surface area contributed by atoms with Crippen molar-refractivity contribution in [1.29, 1.82) is 0 Å². The highest BCUT2D eigenvalue weighted by molar-refractivity contribution is 5.98. The number of carbonyl (C=O) groups excluding carboxylic acids is 3. The average Bonchev–Trinajstić information content (AvgIpc) is 3.10. The molecule has 0 radical (unpaired) electrons. The molecule has 0 saturated carbocycles. The fraction of sp³-hybridized carbons (Fsp3) is 0.286. The second kappa shape index (κ2) is 9.70. The van der Waals surface area contributed by atoms with E-state index in [1.807, 2.05) is 6.07 Å². The lowest BCUT2D eigenvalue weighted by atomic mass is 10.1. The zero-order valence-electron chi connectivity index (χ0n) is 17.3. The van der Waals surface area contributed by atoms with Crippen LogP contribution in [0.3, 0.4) is 0 Å². The summed E-state index contributed by atoms with van der Waals surface area (Å²) in [6.07, 6.45) is -0.738. The molecule has 1 unspecified atom stereocenters. The van der Waals surface area contributed by atoms with Crippen molar-refractivity contribution in [2.75, 3.05) is 39.8 Å². The number of cyclic esters (lactones) is 1. The molecule has 1 heterocycles. The second-order valence-corrected chi connectivity index (χ2v) is 6.53. The van der Waals surface area contributed by atoms with Gasteiger partial charge in [0.2, 0.25) is 5.75 Å². The van der Waals surface area contributed by atoms with Crippen LogP contribution in [-0.2, 0) is 9.53 Å². The van der Waals surface area contributed by atoms with Crippen molar-refractivity contribution in [2.45, 2.75) is 6.04 Å². The van der Waals surface area contributed by atoms with Gasteiger partial charge in [-0.25, -0.2) is 14.5 Å². The van der Waals surface area contributed by atoms with Gasteiger partial charge in [-0.05, 0) is 5.56 Å². The quantitative estimate of drug-likeness (QED) is 0.663. The van der Waals surface area contributed by atoms with Gasteiger partial charge in [0.25, 0.3) is 5.91 Å². The number of benzene rings is 2. The maximum atomic E-state index is 12.7. The number of anilines is 1. The predicted molar refractivity (Wildman–Crippen MR) is 110 cm³/mol. The Morgan fingerprint density at radius 2 is 1.71 bits per heavy atom. The van der Waals surface area contributed by atoms with E-state index in [1.165, 1.54) is 21.3 Å². The smallest absolute Gasteiger partial charge is 0.417 e. The number of hydrogen-bond acceptors (Lipinski definition) is 7. The van der Waals surface area contributed by atoms with Crippen LogP contribution < -0.4 is 24.8 Å². The molecule has 1 atom stereocenters. The van der Waals surface area contributed by atoms with Crippen molar-refractivity contribution >= 4 is 23.7 Å². The molecule has 164 valence electrons. The monoisotopic (exact) mass is 429 g/mol. The lowest BCUT2D eigenvalue weighted by Crippen LogP contribution is -2.41. The van der Waals surface area contributed by atoms with Crippen molar-refractivity contribution < 1.29 is 33.3 Å². The van der Waals surface area contributed by atoms with Gasteiger partial charge in [0.05, 0.1) is 39.6 Å². The Balaban J connectivity index is 1.79. The highest BCUT2D eigenvalue weighted by Crippen LogP contribution is 2.39. The van der Waals surface area contributed by atoms with Crippen LogP contribution in [0.4, 0.5) is 15.3 Å². The minimum absolute atomic E-state index is 0.0651. The SMILES string of the molecule is COc1cc(NC(=O)NC(CN2C(=O)COC2=O)c2ccccc2)cc(OC)c1OC. The summed E-state index contributed by atoms with van der Waals surface area (Å²) in [6.45, 7) is -0.373. The van der Waals surface area contributed by atoms with Gasteiger partial charge in [-0.15, -0.1) is 0 Å². The molecule has 0 bridgehead atoms. The molecule has 4 amide bonds. The standard InChI is InChI=1S/C21H23N3O7/c1-28-16-9-14(10-17(29-2)19(16)30-3)22-20(26)23-15(13-7-5-4-6-8-13)11-24-18(25)12-31-21(24)27/h4-10,15H,11-12H2,1-3H3,(H2,22,23,26). The van der Waals surface area contributed by atoms with Gasteiger partial charge in [0.15, 0.2) is 18.1 Å². The van der Waals surface area contributed by atoms with Crippen LogP contribution in [0.15, 0.2) is 42.5 Å². The van der Waals surface area contributed by atoms with E-state index >= 15 is 0 Å². The van der Waals surface area contributed by atoms with E-state index in [4.69, 9.17) is 18.9 Å². The van der Waals surface area contributed by atoms with E-state index in [0.29, 0.717) is 22.9 Å². The Bertz CT molecular complexity index is 924. The number of nitrogens with one attached hydrogen (secondary N) is 2. The van der Waals surface area contributed by atoms with Crippen LogP contribution >= 0.6 is 0 Å².